The summed E-state index contributed by atoms with van der Waals surface area (Å²) in [4.78, 5) is 11.4. The van der Waals surface area contributed by atoms with Crippen LogP contribution in [0, 0.1) is 52.8 Å². The van der Waals surface area contributed by atoms with Crippen molar-refractivity contribution in [1.82, 2.24) is 0 Å². The molecule has 4 saturated carbocycles. The van der Waals surface area contributed by atoms with E-state index in [1.807, 2.05) is 27.7 Å². The molecule has 8 unspecified atom stereocenters. The standard InChI is InChI=1S/C22H33F3O.2C2H6.CH4/c1-13(12-26)19-7-8-20-18-5-3-14-11-15(22(23,24)25)4-6-16(14)17(18)9-10-21(19,20)2;2*1-2;/h12-20H,3-11H2,1-2H3;2*1-2H3;1H4/t13-,14?,15?,16?,17?,18?,19?,20?,21?;;;/m1.../s1. The van der Waals surface area contributed by atoms with E-state index in [0.717, 1.165) is 32.0 Å². The van der Waals surface area contributed by atoms with E-state index in [0.29, 0.717) is 48.3 Å². The number of hydrogen-bond donors (Lipinski definition) is 0. The second-order valence-electron chi connectivity index (χ2n) is 10.2. The second kappa shape index (κ2) is 11.5. The van der Waals surface area contributed by atoms with Gasteiger partial charge < -0.3 is 4.79 Å². The topological polar surface area (TPSA) is 17.1 Å². The van der Waals surface area contributed by atoms with Crippen molar-refractivity contribution in [2.45, 2.75) is 113 Å². The van der Waals surface area contributed by atoms with E-state index >= 15 is 0 Å². The predicted octanol–water partition coefficient (Wildman–Crippen LogP) is 8.96. The maximum atomic E-state index is 13.2. The number of aldehydes is 1. The first-order valence-electron chi connectivity index (χ1n) is 12.8. The molecule has 0 N–H and O–H groups in total. The fraction of sp³-hybridized carbons (Fsp3) is 0.963. The van der Waals surface area contributed by atoms with Crippen LogP contribution in [0.15, 0.2) is 0 Å². The lowest BCUT2D eigenvalue weighted by Gasteiger charge is -2.56. The summed E-state index contributed by atoms with van der Waals surface area (Å²) >= 11 is 0. The highest BCUT2D eigenvalue weighted by atomic mass is 19.4. The molecule has 4 fully saturated rings. The Morgan fingerprint density at radius 3 is 2.06 bits per heavy atom. The minimum atomic E-state index is -4.00. The molecule has 0 bridgehead atoms. The number of alkyl halides is 3. The SMILES string of the molecule is C.CC.CC.C[C@H](C=O)C1CCC2C3CCC4CC(C(F)(F)F)CCC4C3CCC21C. The van der Waals surface area contributed by atoms with Gasteiger partial charge in [0.1, 0.15) is 6.29 Å². The summed E-state index contributed by atoms with van der Waals surface area (Å²) in [6.45, 7) is 12.5. The average Bonchev–Trinajstić information content (AvgIpc) is 3.12. The zero-order valence-corrected chi connectivity index (χ0v) is 20.1. The van der Waals surface area contributed by atoms with Gasteiger partial charge in [0.2, 0.25) is 0 Å². The summed E-state index contributed by atoms with van der Waals surface area (Å²) in [7, 11) is 0. The smallest absolute Gasteiger partial charge is 0.303 e. The van der Waals surface area contributed by atoms with Crippen molar-refractivity contribution in [3.63, 3.8) is 0 Å². The van der Waals surface area contributed by atoms with Crippen molar-refractivity contribution in [2.75, 3.05) is 0 Å². The van der Waals surface area contributed by atoms with Gasteiger partial charge in [-0.1, -0.05) is 49.0 Å². The van der Waals surface area contributed by atoms with Crippen LogP contribution in [0.4, 0.5) is 13.2 Å². The average molecular weight is 447 g/mol. The highest BCUT2D eigenvalue weighted by Gasteiger charge is 2.58. The lowest BCUT2D eigenvalue weighted by Crippen LogP contribution is -2.49. The van der Waals surface area contributed by atoms with Gasteiger partial charge in [-0.3, -0.25) is 0 Å². The predicted molar refractivity (Wildman–Crippen MR) is 125 cm³/mol. The Morgan fingerprint density at radius 2 is 1.48 bits per heavy atom. The van der Waals surface area contributed by atoms with Gasteiger partial charge in [-0.2, -0.15) is 13.2 Å². The summed E-state index contributed by atoms with van der Waals surface area (Å²) in [5, 5.41) is 0. The van der Waals surface area contributed by atoms with E-state index in [1.165, 1.54) is 19.3 Å². The summed E-state index contributed by atoms with van der Waals surface area (Å²) < 4.78 is 39.6. The third-order valence-corrected chi connectivity index (χ3v) is 9.34. The first-order chi connectivity index (χ1) is 14.3. The number of rotatable bonds is 2. The van der Waals surface area contributed by atoms with Gasteiger partial charge in [0.05, 0.1) is 5.92 Å². The highest BCUT2D eigenvalue weighted by Crippen LogP contribution is 2.65. The normalized spacial score (nSPS) is 42.0. The van der Waals surface area contributed by atoms with Crippen LogP contribution in [-0.2, 0) is 4.79 Å². The zero-order chi connectivity index (χ0) is 22.7. The lowest BCUT2D eigenvalue weighted by molar-refractivity contribution is -0.196. The summed E-state index contributed by atoms with van der Waals surface area (Å²) in [5.41, 5.74) is 0.275. The van der Waals surface area contributed by atoms with Gasteiger partial charge in [-0.05, 0) is 98.7 Å². The largest absolute Gasteiger partial charge is 0.391 e. The summed E-state index contributed by atoms with van der Waals surface area (Å²) in [5.74, 6) is 2.44. The molecule has 0 radical (unpaired) electrons. The number of fused-ring (bicyclic) bond motifs is 5. The number of carbonyl (C=O) groups is 1. The highest BCUT2D eigenvalue weighted by molar-refractivity contribution is 5.53. The van der Waals surface area contributed by atoms with Crippen molar-refractivity contribution < 1.29 is 18.0 Å². The zero-order valence-electron chi connectivity index (χ0n) is 20.1. The molecule has 0 aliphatic heterocycles. The second-order valence-corrected chi connectivity index (χ2v) is 10.2. The molecule has 0 heterocycles. The van der Waals surface area contributed by atoms with Crippen molar-refractivity contribution in [3.8, 4) is 0 Å². The van der Waals surface area contributed by atoms with Crippen molar-refractivity contribution in [1.29, 1.82) is 0 Å². The molecule has 1 nitrogen and oxygen atoms in total. The van der Waals surface area contributed by atoms with Gasteiger partial charge in [0.25, 0.3) is 0 Å². The number of halogens is 3. The van der Waals surface area contributed by atoms with E-state index in [1.54, 1.807) is 0 Å². The van der Waals surface area contributed by atoms with E-state index < -0.39 is 12.1 Å². The van der Waals surface area contributed by atoms with E-state index in [2.05, 4.69) is 13.8 Å². The van der Waals surface area contributed by atoms with Crippen molar-refractivity contribution in [2.24, 2.45) is 52.8 Å². The first kappa shape index (κ1) is 28.5. The van der Waals surface area contributed by atoms with Crippen LogP contribution in [0.1, 0.15) is 107 Å². The summed E-state index contributed by atoms with van der Waals surface area (Å²) in [6, 6.07) is 0. The van der Waals surface area contributed by atoms with Gasteiger partial charge in [0, 0.05) is 5.92 Å². The molecule has 184 valence electrons. The van der Waals surface area contributed by atoms with Crippen LogP contribution >= 0.6 is 0 Å². The van der Waals surface area contributed by atoms with E-state index in [9.17, 15) is 18.0 Å². The fourth-order valence-corrected chi connectivity index (χ4v) is 8.15. The lowest BCUT2D eigenvalue weighted by atomic mass is 9.49. The van der Waals surface area contributed by atoms with Crippen LogP contribution in [0.2, 0.25) is 0 Å². The monoisotopic (exact) mass is 446 g/mol. The Labute approximate surface area is 190 Å². The van der Waals surface area contributed by atoms with Gasteiger partial charge in [-0.25, -0.2) is 0 Å². The molecule has 0 amide bonds. The molecule has 4 aliphatic rings. The Hall–Kier alpha value is -0.540. The van der Waals surface area contributed by atoms with Gasteiger partial charge in [0.15, 0.2) is 0 Å². The first-order valence-corrected chi connectivity index (χ1v) is 12.8. The molecule has 4 heteroatoms. The number of hydrogen-bond acceptors (Lipinski definition) is 1. The van der Waals surface area contributed by atoms with E-state index in [-0.39, 0.29) is 18.8 Å². The van der Waals surface area contributed by atoms with Gasteiger partial charge >= 0.3 is 6.18 Å². The van der Waals surface area contributed by atoms with Crippen LogP contribution in [0.25, 0.3) is 0 Å². The van der Waals surface area contributed by atoms with Crippen LogP contribution in [-0.4, -0.2) is 12.5 Å². The Balaban J connectivity index is 0.000000910. The minimum absolute atomic E-state index is 0. The Kier molecular flexibility index (Phi) is 10.6. The molecule has 4 aliphatic carbocycles. The summed E-state index contributed by atoms with van der Waals surface area (Å²) in [6.07, 6.45) is 5.51. The fourth-order valence-electron chi connectivity index (χ4n) is 8.15. The van der Waals surface area contributed by atoms with Crippen LogP contribution in [0.5, 0.6) is 0 Å². The Morgan fingerprint density at radius 1 is 0.871 bits per heavy atom. The molecule has 31 heavy (non-hydrogen) atoms. The molecule has 0 aromatic heterocycles. The quantitative estimate of drug-likeness (QED) is 0.387. The molecule has 0 spiro atoms. The van der Waals surface area contributed by atoms with Crippen LogP contribution in [0.3, 0.4) is 0 Å². The third kappa shape index (κ3) is 5.35. The maximum absolute atomic E-state index is 13.2. The Bertz CT molecular complexity index is 545. The molecule has 9 atom stereocenters. The molecule has 4 rings (SSSR count). The molecule has 0 saturated heterocycles. The van der Waals surface area contributed by atoms with Crippen molar-refractivity contribution >= 4 is 6.29 Å². The molecule has 0 aromatic rings. The van der Waals surface area contributed by atoms with Crippen LogP contribution < -0.4 is 0 Å². The molecule has 0 aromatic carbocycles. The maximum Gasteiger partial charge on any atom is 0.391 e. The van der Waals surface area contributed by atoms with Gasteiger partial charge in [-0.15, -0.1) is 0 Å². The number of carbonyl (C=O) groups excluding carboxylic acids is 1. The minimum Gasteiger partial charge on any atom is -0.303 e. The molecular weight excluding hydrogens is 397 g/mol. The third-order valence-electron chi connectivity index (χ3n) is 9.34. The molecular formula is C27H49F3O. The van der Waals surface area contributed by atoms with Crippen molar-refractivity contribution in [3.05, 3.63) is 0 Å². The van der Waals surface area contributed by atoms with E-state index in [4.69, 9.17) is 0 Å².